The summed E-state index contributed by atoms with van der Waals surface area (Å²) < 4.78 is 5.28. The van der Waals surface area contributed by atoms with E-state index >= 15 is 0 Å². The summed E-state index contributed by atoms with van der Waals surface area (Å²) in [6, 6.07) is 3.96. The van der Waals surface area contributed by atoms with Crippen LogP contribution >= 0.6 is 0 Å². The van der Waals surface area contributed by atoms with Gasteiger partial charge in [0.15, 0.2) is 5.82 Å². The maximum atomic E-state index is 12.4. The van der Waals surface area contributed by atoms with Gasteiger partial charge in [0.1, 0.15) is 0 Å². The molecule has 1 atom stereocenters. The molecule has 0 bridgehead atoms. The van der Waals surface area contributed by atoms with Gasteiger partial charge in [0, 0.05) is 37.9 Å². The molecule has 0 unspecified atom stereocenters. The highest BCUT2D eigenvalue weighted by atomic mass is 16.5. The van der Waals surface area contributed by atoms with E-state index in [-0.39, 0.29) is 11.9 Å². The van der Waals surface area contributed by atoms with E-state index < -0.39 is 0 Å². The summed E-state index contributed by atoms with van der Waals surface area (Å²) in [6.45, 7) is 5.51. The number of nitrogens with one attached hydrogen (secondary N) is 1. The monoisotopic (exact) mass is 329 g/mol. The van der Waals surface area contributed by atoms with Crippen LogP contribution in [0.1, 0.15) is 54.8 Å². The number of rotatable bonds is 5. The Labute approximate surface area is 141 Å². The summed E-state index contributed by atoms with van der Waals surface area (Å²) in [4.78, 5) is 22.7. The van der Waals surface area contributed by atoms with Crippen molar-refractivity contribution < 1.29 is 9.32 Å². The fraction of sp³-hybridized carbons (Fsp3) is 0.529. The Morgan fingerprint density at radius 3 is 2.88 bits per heavy atom. The molecule has 7 nitrogen and oxygen atoms in total. The number of amides is 1. The molecule has 1 aliphatic rings. The van der Waals surface area contributed by atoms with E-state index in [4.69, 9.17) is 4.52 Å². The van der Waals surface area contributed by atoms with Crippen molar-refractivity contribution >= 4 is 5.91 Å². The molecule has 0 aliphatic carbocycles. The van der Waals surface area contributed by atoms with Gasteiger partial charge in [-0.25, -0.2) is 0 Å². The van der Waals surface area contributed by atoms with Crippen molar-refractivity contribution in [1.82, 2.24) is 25.3 Å². The normalized spacial score (nSPS) is 17.0. The van der Waals surface area contributed by atoms with Crippen LogP contribution in [0.2, 0.25) is 0 Å². The van der Waals surface area contributed by atoms with Crippen LogP contribution in [0, 0.1) is 0 Å². The summed E-state index contributed by atoms with van der Waals surface area (Å²) in [5, 5.41) is 7.46. The fourth-order valence-corrected chi connectivity index (χ4v) is 2.93. The Bertz CT molecular complexity index is 665. The average molecular weight is 329 g/mol. The highest BCUT2D eigenvalue weighted by Crippen LogP contribution is 2.18. The number of likely N-dealkylation sites (tertiary alicyclic amines) is 1. The Hall–Kier alpha value is -2.28. The smallest absolute Gasteiger partial charge is 0.255 e. The molecule has 2 aromatic rings. The largest absolute Gasteiger partial charge is 0.338 e. The molecule has 1 fully saturated rings. The SMILES string of the molecule is CCc1noc([C@@H](C)NC2CCN(C(=O)c3cccnc3)CC2)n1. The number of piperidine rings is 1. The van der Waals surface area contributed by atoms with Crippen molar-refractivity contribution in [3.63, 3.8) is 0 Å². The van der Waals surface area contributed by atoms with E-state index in [1.54, 1.807) is 18.5 Å². The number of aromatic nitrogens is 3. The summed E-state index contributed by atoms with van der Waals surface area (Å²) in [5.41, 5.74) is 0.648. The summed E-state index contributed by atoms with van der Waals surface area (Å²) in [7, 11) is 0. The molecule has 0 aromatic carbocycles. The lowest BCUT2D eigenvalue weighted by Crippen LogP contribution is -2.45. The van der Waals surface area contributed by atoms with Gasteiger partial charge in [-0.05, 0) is 31.9 Å². The molecule has 3 rings (SSSR count). The van der Waals surface area contributed by atoms with Crippen molar-refractivity contribution in [3.8, 4) is 0 Å². The predicted octanol–water partition coefficient (Wildman–Crippen LogP) is 1.98. The lowest BCUT2D eigenvalue weighted by molar-refractivity contribution is 0.0700. The van der Waals surface area contributed by atoms with Crippen LogP contribution in [0.3, 0.4) is 0 Å². The number of hydrogen-bond donors (Lipinski definition) is 1. The molecule has 128 valence electrons. The van der Waals surface area contributed by atoms with E-state index in [1.165, 1.54) is 0 Å². The molecule has 7 heteroatoms. The first-order chi connectivity index (χ1) is 11.7. The van der Waals surface area contributed by atoms with Crippen LogP contribution in [-0.4, -0.2) is 45.1 Å². The molecule has 1 N–H and O–H groups in total. The molecular formula is C17H23N5O2. The van der Waals surface area contributed by atoms with Gasteiger partial charge in [0.25, 0.3) is 5.91 Å². The fourth-order valence-electron chi connectivity index (χ4n) is 2.93. The minimum absolute atomic E-state index is 0.0170. The third-order valence-corrected chi connectivity index (χ3v) is 4.35. The molecular weight excluding hydrogens is 306 g/mol. The van der Waals surface area contributed by atoms with Gasteiger partial charge >= 0.3 is 0 Å². The van der Waals surface area contributed by atoms with Gasteiger partial charge in [0.2, 0.25) is 5.89 Å². The minimum Gasteiger partial charge on any atom is -0.338 e. The second-order valence-electron chi connectivity index (χ2n) is 6.10. The first kappa shape index (κ1) is 16.6. The van der Waals surface area contributed by atoms with Crippen LogP contribution in [0.15, 0.2) is 29.0 Å². The zero-order valence-corrected chi connectivity index (χ0v) is 14.1. The van der Waals surface area contributed by atoms with Crippen LogP contribution in [0.25, 0.3) is 0 Å². The second-order valence-corrected chi connectivity index (χ2v) is 6.10. The van der Waals surface area contributed by atoms with E-state index in [9.17, 15) is 4.79 Å². The zero-order valence-electron chi connectivity index (χ0n) is 14.1. The first-order valence-electron chi connectivity index (χ1n) is 8.45. The molecule has 2 aromatic heterocycles. The van der Waals surface area contributed by atoms with Gasteiger partial charge in [-0.1, -0.05) is 12.1 Å². The van der Waals surface area contributed by atoms with Crippen LogP contribution in [0.5, 0.6) is 0 Å². The molecule has 0 radical (unpaired) electrons. The second kappa shape index (κ2) is 7.53. The van der Waals surface area contributed by atoms with Crippen LogP contribution in [0.4, 0.5) is 0 Å². The third kappa shape index (κ3) is 3.79. The molecule has 1 amide bonds. The van der Waals surface area contributed by atoms with E-state index in [2.05, 4.69) is 20.4 Å². The number of carbonyl (C=O) groups excluding carboxylic acids is 1. The Balaban J connectivity index is 1.51. The Morgan fingerprint density at radius 1 is 1.46 bits per heavy atom. The molecule has 24 heavy (non-hydrogen) atoms. The number of hydrogen-bond acceptors (Lipinski definition) is 6. The minimum atomic E-state index is 0.0170. The predicted molar refractivity (Wildman–Crippen MR) is 88.4 cm³/mol. The van der Waals surface area contributed by atoms with Crippen molar-refractivity contribution in [1.29, 1.82) is 0 Å². The van der Waals surface area contributed by atoms with Gasteiger partial charge < -0.3 is 14.7 Å². The molecule has 0 saturated carbocycles. The lowest BCUT2D eigenvalue weighted by atomic mass is 10.0. The Morgan fingerprint density at radius 2 is 2.25 bits per heavy atom. The molecule has 1 saturated heterocycles. The third-order valence-electron chi connectivity index (χ3n) is 4.35. The van der Waals surface area contributed by atoms with E-state index in [0.717, 1.165) is 38.2 Å². The van der Waals surface area contributed by atoms with Crippen molar-refractivity contribution in [2.75, 3.05) is 13.1 Å². The summed E-state index contributed by atoms with van der Waals surface area (Å²) in [6.07, 6.45) is 5.88. The van der Waals surface area contributed by atoms with Crippen molar-refractivity contribution in [3.05, 3.63) is 41.8 Å². The summed E-state index contributed by atoms with van der Waals surface area (Å²) in [5.74, 6) is 1.41. The van der Waals surface area contributed by atoms with Crippen LogP contribution in [-0.2, 0) is 6.42 Å². The first-order valence-corrected chi connectivity index (χ1v) is 8.45. The maximum Gasteiger partial charge on any atom is 0.255 e. The van der Waals surface area contributed by atoms with E-state index in [1.807, 2.05) is 24.8 Å². The standard InChI is InChI=1S/C17H23N5O2/c1-3-15-20-16(24-21-15)12(2)19-14-6-9-22(10-7-14)17(23)13-5-4-8-18-11-13/h4-5,8,11-12,14,19H,3,6-7,9-10H2,1-2H3/t12-/m1/s1. The lowest BCUT2D eigenvalue weighted by Gasteiger charge is -2.33. The van der Waals surface area contributed by atoms with Crippen molar-refractivity contribution in [2.45, 2.75) is 45.2 Å². The zero-order chi connectivity index (χ0) is 16.9. The highest BCUT2D eigenvalue weighted by molar-refractivity contribution is 5.93. The number of nitrogens with zero attached hydrogens (tertiary/aromatic N) is 4. The van der Waals surface area contributed by atoms with Crippen LogP contribution < -0.4 is 5.32 Å². The average Bonchev–Trinajstić information content (AvgIpc) is 3.12. The number of carbonyl (C=O) groups is 1. The number of pyridine rings is 1. The van der Waals surface area contributed by atoms with Gasteiger partial charge in [-0.15, -0.1) is 0 Å². The molecule has 0 spiro atoms. The molecule has 3 heterocycles. The van der Waals surface area contributed by atoms with Gasteiger partial charge in [0.05, 0.1) is 11.6 Å². The topological polar surface area (TPSA) is 84.2 Å². The highest BCUT2D eigenvalue weighted by Gasteiger charge is 2.25. The van der Waals surface area contributed by atoms with E-state index in [0.29, 0.717) is 17.5 Å². The van der Waals surface area contributed by atoms with Crippen molar-refractivity contribution in [2.24, 2.45) is 0 Å². The Kier molecular flexibility index (Phi) is 5.20. The maximum absolute atomic E-state index is 12.4. The molecule has 1 aliphatic heterocycles. The van der Waals surface area contributed by atoms with Gasteiger partial charge in [-0.3, -0.25) is 9.78 Å². The number of aryl methyl sites for hydroxylation is 1. The van der Waals surface area contributed by atoms with Gasteiger partial charge in [-0.2, -0.15) is 4.98 Å². The quantitative estimate of drug-likeness (QED) is 0.903. The summed E-state index contributed by atoms with van der Waals surface area (Å²) >= 11 is 0.